The summed E-state index contributed by atoms with van der Waals surface area (Å²) < 4.78 is 5.55. The van der Waals surface area contributed by atoms with E-state index in [1.54, 1.807) is 0 Å². The number of halogens is 1. The van der Waals surface area contributed by atoms with Gasteiger partial charge in [0.25, 0.3) is 11.6 Å². The van der Waals surface area contributed by atoms with Gasteiger partial charge in [-0.25, -0.2) is 0 Å². The second-order valence-electron chi connectivity index (χ2n) is 3.05. The molecule has 14 heavy (non-hydrogen) atoms. The third-order valence-corrected chi connectivity index (χ3v) is 2.66. The van der Waals surface area contributed by atoms with Crippen molar-refractivity contribution in [2.45, 2.75) is 32.6 Å². The van der Waals surface area contributed by atoms with Crippen molar-refractivity contribution >= 4 is 21.9 Å². The topological polar surface area (TPSA) is 69.1 Å². The van der Waals surface area contributed by atoms with Crippen LogP contribution in [0.3, 0.4) is 0 Å². The first-order chi connectivity index (χ1) is 6.65. The first kappa shape index (κ1) is 11.2. The highest BCUT2D eigenvalue weighted by molar-refractivity contribution is 9.10. The maximum absolute atomic E-state index is 11.2. The van der Waals surface area contributed by atoms with E-state index in [-0.39, 0.29) is 11.6 Å². The van der Waals surface area contributed by atoms with Crippen LogP contribution in [-0.2, 0) is 6.42 Å². The van der Waals surface area contributed by atoms with Crippen LogP contribution in [0.4, 0.5) is 6.01 Å². The van der Waals surface area contributed by atoms with E-state index < -0.39 is 0 Å². The van der Waals surface area contributed by atoms with Crippen molar-refractivity contribution in [3.63, 3.8) is 0 Å². The summed E-state index contributed by atoms with van der Waals surface area (Å²) >= 11 is 3.14. The predicted octanol–water partition coefficient (Wildman–Crippen LogP) is 2.11. The monoisotopic (exact) mass is 260 g/mol. The zero-order valence-electron chi connectivity index (χ0n) is 8.05. The highest BCUT2D eigenvalue weighted by Gasteiger charge is 2.08. The Morgan fingerprint density at radius 1 is 1.50 bits per heavy atom. The number of hydrogen-bond donors (Lipinski definition) is 1. The Morgan fingerprint density at radius 2 is 2.21 bits per heavy atom. The molecule has 0 amide bonds. The Kier molecular flexibility index (Phi) is 4.13. The van der Waals surface area contributed by atoms with E-state index in [4.69, 9.17) is 10.2 Å². The molecule has 0 saturated heterocycles. The highest BCUT2D eigenvalue weighted by atomic mass is 79.9. The zero-order valence-corrected chi connectivity index (χ0v) is 9.63. The molecule has 0 fully saturated rings. The van der Waals surface area contributed by atoms with Crippen LogP contribution in [0.5, 0.6) is 0 Å². The molecule has 1 heterocycles. The van der Waals surface area contributed by atoms with Crippen molar-refractivity contribution in [3.8, 4) is 0 Å². The maximum atomic E-state index is 11.2. The molecule has 0 unspecified atom stereocenters. The van der Waals surface area contributed by atoms with Gasteiger partial charge in [0, 0.05) is 6.42 Å². The van der Waals surface area contributed by atoms with Gasteiger partial charge in [-0.3, -0.25) is 4.79 Å². The highest BCUT2D eigenvalue weighted by Crippen LogP contribution is 2.16. The van der Waals surface area contributed by atoms with E-state index in [1.165, 1.54) is 0 Å². The van der Waals surface area contributed by atoms with Gasteiger partial charge in [-0.15, -0.1) is 0 Å². The van der Waals surface area contributed by atoms with Crippen LogP contribution < -0.4 is 11.3 Å². The average molecular weight is 261 g/mol. The average Bonchev–Trinajstić information content (AvgIpc) is 2.13. The number of hydrogen-bond acceptors (Lipinski definition) is 4. The SMILES string of the molecule is CCCCCc1oc(N)nc(=O)c1Br. The Labute approximate surface area is 90.6 Å². The molecule has 78 valence electrons. The summed E-state index contributed by atoms with van der Waals surface area (Å²) in [6.45, 7) is 2.12. The fourth-order valence-corrected chi connectivity index (χ4v) is 1.53. The van der Waals surface area contributed by atoms with E-state index in [0.29, 0.717) is 10.2 Å². The summed E-state index contributed by atoms with van der Waals surface area (Å²) in [6, 6.07) is -0.0651. The summed E-state index contributed by atoms with van der Waals surface area (Å²) in [4.78, 5) is 14.7. The molecule has 1 aromatic rings. The van der Waals surface area contributed by atoms with Crippen LogP contribution in [-0.4, -0.2) is 4.98 Å². The van der Waals surface area contributed by atoms with Gasteiger partial charge in [0.1, 0.15) is 10.2 Å². The fourth-order valence-electron chi connectivity index (χ4n) is 1.16. The largest absolute Gasteiger partial charge is 0.429 e. The Hall–Kier alpha value is -0.840. The number of nitrogen functional groups attached to an aromatic ring is 1. The number of nitrogens with two attached hydrogens (primary N) is 1. The van der Waals surface area contributed by atoms with Crippen LogP contribution in [0.25, 0.3) is 0 Å². The summed E-state index contributed by atoms with van der Waals surface area (Å²) in [5.41, 5.74) is 4.97. The first-order valence-corrected chi connectivity index (χ1v) is 5.39. The van der Waals surface area contributed by atoms with Gasteiger partial charge in [0.15, 0.2) is 0 Å². The maximum Gasteiger partial charge on any atom is 0.295 e. The van der Waals surface area contributed by atoms with Crippen LogP contribution in [0.15, 0.2) is 13.7 Å². The number of aryl methyl sites for hydroxylation is 1. The summed E-state index contributed by atoms with van der Waals surface area (Å²) in [5, 5.41) is 0. The summed E-state index contributed by atoms with van der Waals surface area (Å²) in [6.07, 6.45) is 3.94. The molecular formula is C9H13BrN2O2. The van der Waals surface area contributed by atoms with Crippen molar-refractivity contribution in [2.24, 2.45) is 0 Å². The quantitative estimate of drug-likeness (QED) is 0.843. The van der Waals surface area contributed by atoms with E-state index >= 15 is 0 Å². The molecule has 0 atom stereocenters. The van der Waals surface area contributed by atoms with Crippen LogP contribution in [0.1, 0.15) is 31.9 Å². The van der Waals surface area contributed by atoms with E-state index in [1.807, 2.05) is 0 Å². The second-order valence-corrected chi connectivity index (χ2v) is 3.84. The molecule has 0 aliphatic heterocycles. The molecule has 0 aliphatic rings. The van der Waals surface area contributed by atoms with Crippen LogP contribution in [0.2, 0.25) is 0 Å². The Bertz CT molecular complexity index is 362. The predicted molar refractivity (Wildman–Crippen MR) is 58.1 cm³/mol. The molecule has 4 nitrogen and oxygen atoms in total. The minimum Gasteiger partial charge on any atom is -0.429 e. The molecule has 2 N–H and O–H groups in total. The van der Waals surface area contributed by atoms with Crippen molar-refractivity contribution in [2.75, 3.05) is 5.73 Å². The third kappa shape index (κ3) is 2.83. The third-order valence-electron chi connectivity index (χ3n) is 1.88. The standard InChI is InChI=1S/C9H13BrN2O2/c1-2-3-4-5-6-7(10)8(13)12-9(11)14-6/h2-5H2,1H3,(H2,11,12,13). The van der Waals surface area contributed by atoms with E-state index in [2.05, 4.69) is 27.8 Å². The van der Waals surface area contributed by atoms with Crippen molar-refractivity contribution < 1.29 is 4.42 Å². The smallest absolute Gasteiger partial charge is 0.295 e. The van der Waals surface area contributed by atoms with Gasteiger partial charge in [-0.05, 0) is 22.4 Å². The fraction of sp³-hybridized carbons (Fsp3) is 0.556. The molecule has 0 spiro atoms. The van der Waals surface area contributed by atoms with Gasteiger partial charge in [0.05, 0.1) is 0 Å². The van der Waals surface area contributed by atoms with E-state index in [9.17, 15) is 4.79 Å². The van der Waals surface area contributed by atoms with Gasteiger partial charge in [-0.2, -0.15) is 4.98 Å². The number of unbranched alkanes of at least 4 members (excludes halogenated alkanes) is 2. The lowest BCUT2D eigenvalue weighted by molar-refractivity contribution is 0.476. The normalized spacial score (nSPS) is 10.4. The Balaban J connectivity index is 2.80. The molecule has 0 aliphatic carbocycles. The number of rotatable bonds is 4. The first-order valence-electron chi connectivity index (χ1n) is 4.60. The Morgan fingerprint density at radius 3 is 2.86 bits per heavy atom. The second kappa shape index (κ2) is 5.14. The minimum absolute atomic E-state index is 0.0651. The molecular weight excluding hydrogens is 248 g/mol. The molecule has 5 heteroatoms. The summed E-state index contributed by atoms with van der Waals surface area (Å²) in [7, 11) is 0. The van der Waals surface area contributed by atoms with E-state index in [0.717, 1.165) is 25.7 Å². The van der Waals surface area contributed by atoms with Crippen LogP contribution >= 0.6 is 15.9 Å². The molecule has 1 rings (SSSR count). The molecule has 0 radical (unpaired) electrons. The lowest BCUT2D eigenvalue weighted by atomic mass is 10.2. The zero-order chi connectivity index (χ0) is 10.6. The van der Waals surface area contributed by atoms with Gasteiger partial charge < -0.3 is 10.2 Å². The van der Waals surface area contributed by atoms with Crippen molar-refractivity contribution in [3.05, 3.63) is 20.6 Å². The molecule has 0 saturated carbocycles. The number of anilines is 1. The van der Waals surface area contributed by atoms with Crippen molar-refractivity contribution in [1.82, 2.24) is 4.98 Å². The summed E-state index contributed by atoms with van der Waals surface area (Å²) in [5.74, 6) is 0.593. The lowest BCUT2D eigenvalue weighted by Gasteiger charge is -2.02. The lowest BCUT2D eigenvalue weighted by Crippen LogP contribution is -2.12. The number of aromatic nitrogens is 1. The van der Waals surface area contributed by atoms with Gasteiger partial charge >= 0.3 is 0 Å². The van der Waals surface area contributed by atoms with Gasteiger partial charge in [0.2, 0.25) is 0 Å². The molecule has 0 bridgehead atoms. The minimum atomic E-state index is -0.361. The number of nitrogens with zero attached hydrogens (tertiary/aromatic N) is 1. The van der Waals surface area contributed by atoms with Crippen LogP contribution in [0, 0.1) is 0 Å². The molecule has 1 aromatic heterocycles. The molecule has 0 aromatic carbocycles. The van der Waals surface area contributed by atoms with Gasteiger partial charge in [-0.1, -0.05) is 19.8 Å². The van der Waals surface area contributed by atoms with Crippen molar-refractivity contribution in [1.29, 1.82) is 0 Å².